The van der Waals surface area contributed by atoms with Crippen molar-refractivity contribution in [3.8, 4) is 0 Å². The maximum absolute atomic E-state index is 12.2. The number of nitrogens with zero attached hydrogens (tertiary/aromatic N) is 3. The molecule has 0 aromatic rings. The lowest BCUT2D eigenvalue weighted by Gasteiger charge is -2.25. The first-order valence-corrected chi connectivity index (χ1v) is 8.42. The number of rotatable bonds is 9. The van der Waals surface area contributed by atoms with Crippen LogP contribution in [0.4, 0.5) is 0 Å². The summed E-state index contributed by atoms with van der Waals surface area (Å²) in [4.78, 5) is 31.7. The van der Waals surface area contributed by atoms with Crippen LogP contribution in [0.5, 0.6) is 0 Å². The van der Waals surface area contributed by atoms with E-state index in [1.165, 1.54) is 0 Å². The van der Waals surface area contributed by atoms with Crippen LogP contribution >= 0.6 is 0 Å². The van der Waals surface area contributed by atoms with Gasteiger partial charge in [-0.1, -0.05) is 13.8 Å². The summed E-state index contributed by atoms with van der Waals surface area (Å²) in [5, 5.41) is 5.99. The Hall–Kier alpha value is -1.79. The van der Waals surface area contributed by atoms with Crippen molar-refractivity contribution in [2.24, 2.45) is 10.9 Å². The second kappa shape index (κ2) is 11.7. The normalized spacial score (nSPS) is 11.3. The van der Waals surface area contributed by atoms with Crippen LogP contribution in [0.3, 0.4) is 0 Å². The fourth-order valence-electron chi connectivity index (χ4n) is 1.97. The van der Waals surface area contributed by atoms with Crippen molar-refractivity contribution in [3.05, 3.63) is 0 Å². The van der Waals surface area contributed by atoms with Gasteiger partial charge in [0.1, 0.15) is 0 Å². The molecule has 0 radical (unpaired) electrons. The fourth-order valence-corrected chi connectivity index (χ4v) is 1.97. The highest BCUT2D eigenvalue weighted by molar-refractivity contribution is 5.86. The second-order valence-electron chi connectivity index (χ2n) is 5.60. The Labute approximate surface area is 140 Å². The van der Waals surface area contributed by atoms with E-state index < -0.39 is 0 Å². The summed E-state index contributed by atoms with van der Waals surface area (Å²) in [6, 6.07) is 0. The van der Waals surface area contributed by atoms with E-state index in [1.807, 2.05) is 46.6 Å². The molecule has 0 unspecified atom stereocenters. The molecule has 0 aliphatic rings. The summed E-state index contributed by atoms with van der Waals surface area (Å²) >= 11 is 0. The smallest absolute Gasteiger partial charge is 0.242 e. The van der Waals surface area contributed by atoms with Gasteiger partial charge in [-0.25, -0.2) is 0 Å². The van der Waals surface area contributed by atoms with Crippen LogP contribution in [0.25, 0.3) is 0 Å². The molecule has 0 aliphatic heterocycles. The van der Waals surface area contributed by atoms with Gasteiger partial charge in [0, 0.05) is 39.1 Å². The Morgan fingerprint density at radius 1 is 1.09 bits per heavy atom. The van der Waals surface area contributed by atoms with E-state index in [-0.39, 0.29) is 24.3 Å². The van der Waals surface area contributed by atoms with E-state index in [2.05, 4.69) is 15.6 Å². The quantitative estimate of drug-likeness (QED) is 0.368. The predicted octanol–water partition coefficient (Wildman–Crippen LogP) is 0.524. The predicted molar refractivity (Wildman–Crippen MR) is 94.4 cm³/mol. The summed E-state index contributed by atoms with van der Waals surface area (Å²) in [7, 11) is 1.84. The van der Waals surface area contributed by atoms with E-state index in [0.29, 0.717) is 32.1 Å². The maximum Gasteiger partial charge on any atom is 0.242 e. The lowest BCUT2D eigenvalue weighted by Crippen LogP contribution is -2.46. The van der Waals surface area contributed by atoms with Crippen molar-refractivity contribution in [2.75, 3.05) is 46.3 Å². The Morgan fingerprint density at radius 3 is 2.17 bits per heavy atom. The first kappa shape index (κ1) is 21.2. The molecule has 7 nitrogen and oxygen atoms in total. The number of nitrogens with one attached hydrogen (secondary N) is 2. The lowest BCUT2D eigenvalue weighted by molar-refractivity contribution is -0.131. The van der Waals surface area contributed by atoms with Crippen molar-refractivity contribution >= 4 is 17.8 Å². The van der Waals surface area contributed by atoms with Crippen molar-refractivity contribution in [3.63, 3.8) is 0 Å². The molecule has 2 amide bonds. The Bertz CT molecular complexity index is 392. The molecular weight excluding hydrogens is 294 g/mol. The molecule has 0 aromatic heterocycles. The average Bonchev–Trinajstić information content (AvgIpc) is 2.50. The van der Waals surface area contributed by atoms with E-state index in [1.54, 1.807) is 4.90 Å². The van der Waals surface area contributed by atoms with Gasteiger partial charge in [0.25, 0.3) is 0 Å². The topological polar surface area (TPSA) is 77.0 Å². The molecule has 0 heterocycles. The lowest BCUT2D eigenvalue weighted by atomic mass is 10.2. The third-order valence-electron chi connectivity index (χ3n) is 3.38. The highest BCUT2D eigenvalue weighted by Crippen LogP contribution is 1.94. The molecule has 0 saturated carbocycles. The number of carbonyl (C=O) groups is 2. The first-order chi connectivity index (χ1) is 10.9. The van der Waals surface area contributed by atoms with Gasteiger partial charge in [-0.05, 0) is 20.8 Å². The zero-order chi connectivity index (χ0) is 17.8. The first-order valence-electron chi connectivity index (χ1n) is 8.42. The molecule has 2 N–H and O–H groups in total. The highest BCUT2D eigenvalue weighted by atomic mass is 16.2. The van der Waals surface area contributed by atoms with Crippen LogP contribution in [-0.4, -0.2) is 73.9 Å². The number of guanidine groups is 1. The third-order valence-corrected chi connectivity index (χ3v) is 3.38. The number of likely N-dealkylation sites (N-methyl/N-ethyl adjacent to an activating group) is 2. The number of aliphatic imine (C=N–C) groups is 1. The monoisotopic (exact) mass is 327 g/mol. The van der Waals surface area contributed by atoms with Gasteiger partial charge in [0.2, 0.25) is 11.8 Å². The van der Waals surface area contributed by atoms with Crippen LogP contribution in [0.2, 0.25) is 0 Å². The minimum Gasteiger partial charge on any atom is -0.357 e. The van der Waals surface area contributed by atoms with Gasteiger partial charge in [-0.2, -0.15) is 0 Å². The van der Waals surface area contributed by atoms with Crippen molar-refractivity contribution in [2.45, 2.75) is 34.6 Å². The van der Waals surface area contributed by atoms with E-state index in [4.69, 9.17) is 0 Å². The largest absolute Gasteiger partial charge is 0.357 e. The number of hydrogen-bond donors (Lipinski definition) is 2. The summed E-state index contributed by atoms with van der Waals surface area (Å²) in [6.45, 7) is 13.0. The molecule has 134 valence electrons. The molecule has 0 bridgehead atoms. The van der Waals surface area contributed by atoms with Gasteiger partial charge in [-0.15, -0.1) is 0 Å². The summed E-state index contributed by atoms with van der Waals surface area (Å²) in [6.07, 6.45) is 0. The zero-order valence-corrected chi connectivity index (χ0v) is 15.5. The van der Waals surface area contributed by atoms with Crippen molar-refractivity contribution in [1.29, 1.82) is 0 Å². The van der Waals surface area contributed by atoms with E-state index in [0.717, 1.165) is 6.54 Å². The van der Waals surface area contributed by atoms with Crippen molar-refractivity contribution in [1.82, 2.24) is 20.4 Å². The van der Waals surface area contributed by atoms with Crippen LogP contribution < -0.4 is 10.6 Å². The molecule has 0 aromatic carbocycles. The summed E-state index contributed by atoms with van der Waals surface area (Å²) in [5.41, 5.74) is 0. The highest BCUT2D eigenvalue weighted by Gasteiger charge is 2.14. The molecule has 0 fully saturated rings. The SMILES string of the molecule is CCNC(=NCCNC(=O)C(C)C)N(C)CC(=O)N(CC)CC. The molecule has 23 heavy (non-hydrogen) atoms. The summed E-state index contributed by atoms with van der Waals surface area (Å²) < 4.78 is 0. The minimum absolute atomic E-state index is 0.0234. The molecule has 0 atom stereocenters. The van der Waals surface area contributed by atoms with Gasteiger partial charge >= 0.3 is 0 Å². The minimum atomic E-state index is -0.0263. The Kier molecular flexibility index (Phi) is 10.8. The zero-order valence-electron chi connectivity index (χ0n) is 15.5. The third kappa shape index (κ3) is 8.42. The van der Waals surface area contributed by atoms with Crippen LogP contribution in [-0.2, 0) is 9.59 Å². The number of hydrogen-bond acceptors (Lipinski definition) is 3. The van der Waals surface area contributed by atoms with Crippen LogP contribution in [0, 0.1) is 5.92 Å². The van der Waals surface area contributed by atoms with Crippen molar-refractivity contribution < 1.29 is 9.59 Å². The maximum atomic E-state index is 12.2. The molecule has 7 heteroatoms. The van der Waals surface area contributed by atoms with Gasteiger partial charge in [0.15, 0.2) is 5.96 Å². The summed E-state index contributed by atoms with van der Waals surface area (Å²) in [5.74, 6) is 0.750. The molecule has 0 spiro atoms. The van der Waals surface area contributed by atoms with Gasteiger partial charge in [-0.3, -0.25) is 14.6 Å². The molecular formula is C16H33N5O2. The Morgan fingerprint density at radius 2 is 1.70 bits per heavy atom. The van der Waals surface area contributed by atoms with E-state index >= 15 is 0 Å². The van der Waals surface area contributed by atoms with Gasteiger partial charge in [0.05, 0.1) is 13.1 Å². The standard InChI is InChI=1S/C16H33N5O2/c1-7-17-16(19-11-10-18-15(23)13(4)5)20(6)12-14(22)21(8-2)9-3/h13H,7-12H2,1-6H3,(H,17,19)(H,18,23). The second-order valence-corrected chi connectivity index (χ2v) is 5.60. The number of carbonyl (C=O) groups excluding carboxylic acids is 2. The van der Waals surface area contributed by atoms with Gasteiger partial charge < -0.3 is 20.4 Å². The Balaban J connectivity index is 4.54. The molecule has 0 rings (SSSR count). The average molecular weight is 327 g/mol. The molecule has 0 aliphatic carbocycles. The van der Waals surface area contributed by atoms with E-state index in [9.17, 15) is 9.59 Å². The fraction of sp³-hybridized carbons (Fsp3) is 0.812. The van der Waals surface area contributed by atoms with Crippen LogP contribution in [0.1, 0.15) is 34.6 Å². The van der Waals surface area contributed by atoms with Crippen LogP contribution in [0.15, 0.2) is 4.99 Å². The molecule has 0 saturated heterocycles. The number of amides is 2.